The maximum Gasteiger partial charge on any atom is 0.408 e. The molecule has 1 atom stereocenters. The Bertz CT molecular complexity index is 1070. The summed E-state index contributed by atoms with van der Waals surface area (Å²) in [6.07, 6.45) is -7.63. The maximum absolute atomic E-state index is 12.9. The molecule has 0 unspecified atom stereocenters. The molecule has 0 fully saturated rings. The van der Waals surface area contributed by atoms with E-state index in [0.717, 1.165) is 16.8 Å². The molecule has 0 radical (unpaired) electrons. The van der Waals surface area contributed by atoms with Crippen LogP contribution in [0.25, 0.3) is 0 Å². The molecule has 2 aromatic rings. The van der Waals surface area contributed by atoms with Crippen molar-refractivity contribution >= 4 is 53.1 Å². The molecule has 1 N–H and O–H groups in total. The normalized spacial score (nSPS) is 13.1. The van der Waals surface area contributed by atoms with Gasteiger partial charge in [0, 0.05) is 31.6 Å². The molecule has 0 aliphatic carbocycles. The minimum atomic E-state index is -4.75. The summed E-state index contributed by atoms with van der Waals surface area (Å²) in [7, 11) is 1.14. The first-order chi connectivity index (χ1) is 16.3. The molecule has 0 aliphatic rings. The van der Waals surface area contributed by atoms with Crippen LogP contribution in [0, 0.1) is 0 Å². The number of nitrogens with zero attached hydrogens (tertiary/aromatic N) is 2. The van der Waals surface area contributed by atoms with Crippen LogP contribution in [0.1, 0.15) is 30.4 Å². The molecule has 0 aliphatic heterocycles. The van der Waals surface area contributed by atoms with Gasteiger partial charge >= 0.3 is 12.3 Å². The fourth-order valence-corrected chi connectivity index (χ4v) is 4.16. The van der Waals surface area contributed by atoms with E-state index in [1.807, 2.05) is 0 Å². The Kier molecular flexibility index (Phi) is 9.83. The molecule has 2 rings (SSSR count). The predicted octanol–water partition coefficient (Wildman–Crippen LogP) is 6.41. The summed E-state index contributed by atoms with van der Waals surface area (Å²) in [6.45, 7) is -0.694. The molecular formula is C23H22Cl3F3N2O4. The van der Waals surface area contributed by atoms with Gasteiger partial charge in [0.15, 0.2) is 0 Å². The van der Waals surface area contributed by atoms with Crippen LogP contribution in [0.15, 0.2) is 42.5 Å². The summed E-state index contributed by atoms with van der Waals surface area (Å²) in [5.41, 5.74) is -0.857. The van der Waals surface area contributed by atoms with Crippen molar-refractivity contribution in [1.82, 2.24) is 9.80 Å². The number of benzene rings is 2. The van der Waals surface area contributed by atoms with Crippen molar-refractivity contribution in [3.63, 3.8) is 0 Å². The molecule has 2 aromatic carbocycles. The topological polar surface area (TPSA) is 77.9 Å². The van der Waals surface area contributed by atoms with E-state index in [-0.39, 0.29) is 35.0 Å². The Balaban J connectivity index is 2.67. The van der Waals surface area contributed by atoms with Crippen LogP contribution < -0.4 is 0 Å². The summed E-state index contributed by atoms with van der Waals surface area (Å²) >= 11 is 18.1. The highest BCUT2D eigenvalue weighted by molar-refractivity contribution is 6.42. The van der Waals surface area contributed by atoms with Crippen LogP contribution in [-0.4, -0.2) is 53.0 Å². The molecule has 0 spiro atoms. The van der Waals surface area contributed by atoms with E-state index >= 15 is 0 Å². The van der Waals surface area contributed by atoms with Crippen LogP contribution in [0.2, 0.25) is 15.1 Å². The van der Waals surface area contributed by atoms with Crippen LogP contribution in [0.4, 0.5) is 18.0 Å². The molecule has 35 heavy (non-hydrogen) atoms. The van der Waals surface area contributed by atoms with Gasteiger partial charge in [0.25, 0.3) is 0 Å². The average Bonchev–Trinajstić information content (AvgIpc) is 2.76. The Morgan fingerprint density at radius 1 is 1.03 bits per heavy atom. The highest BCUT2D eigenvalue weighted by Crippen LogP contribution is 2.39. The maximum atomic E-state index is 12.9. The van der Waals surface area contributed by atoms with Crippen LogP contribution in [0.5, 0.6) is 0 Å². The second-order valence-corrected chi connectivity index (χ2v) is 9.15. The number of carboxylic acid groups (broad SMARTS) is 1. The van der Waals surface area contributed by atoms with Gasteiger partial charge < -0.3 is 14.8 Å². The first-order valence-corrected chi connectivity index (χ1v) is 11.4. The second-order valence-electron chi connectivity index (χ2n) is 7.90. The van der Waals surface area contributed by atoms with Crippen LogP contribution in [-0.2, 0) is 21.7 Å². The van der Waals surface area contributed by atoms with Crippen molar-refractivity contribution in [2.24, 2.45) is 0 Å². The third-order valence-electron chi connectivity index (χ3n) is 5.41. The lowest BCUT2D eigenvalue weighted by molar-refractivity contribution is -0.161. The van der Waals surface area contributed by atoms with Crippen molar-refractivity contribution < 1.29 is 32.7 Å². The number of carbonyl (C=O) groups is 3. The molecule has 0 bridgehead atoms. The Hall–Kier alpha value is -2.49. The first-order valence-electron chi connectivity index (χ1n) is 10.2. The molecule has 0 saturated carbocycles. The van der Waals surface area contributed by atoms with E-state index in [1.54, 1.807) is 24.3 Å². The van der Waals surface area contributed by atoms with E-state index < -0.39 is 36.7 Å². The summed E-state index contributed by atoms with van der Waals surface area (Å²) in [4.78, 5) is 38.0. The van der Waals surface area contributed by atoms with Crippen molar-refractivity contribution in [3.8, 4) is 0 Å². The van der Waals surface area contributed by atoms with E-state index in [4.69, 9.17) is 34.8 Å². The summed E-state index contributed by atoms with van der Waals surface area (Å²) in [5.74, 6) is -1.26. The van der Waals surface area contributed by atoms with Gasteiger partial charge in [0.2, 0.25) is 5.91 Å². The molecule has 2 amide bonds. The van der Waals surface area contributed by atoms with Gasteiger partial charge in [-0.1, -0.05) is 53.0 Å². The molecule has 0 heterocycles. The summed E-state index contributed by atoms with van der Waals surface area (Å²) < 4.78 is 38.7. The smallest absolute Gasteiger partial charge is 0.408 e. The molecule has 0 aromatic heterocycles. The number of hydrogen-bond donors (Lipinski definition) is 1. The van der Waals surface area contributed by atoms with E-state index in [2.05, 4.69) is 0 Å². The molecule has 190 valence electrons. The fourth-order valence-electron chi connectivity index (χ4n) is 3.74. The van der Waals surface area contributed by atoms with Gasteiger partial charge in [-0.25, -0.2) is 4.79 Å². The van der Waals surface area contributed by atoms with E-state index in [1.165, 1.54) is 18.2 Å². The van der Waals surface area contributed by atoms with Crippen molar-refractivity contribution in [2.75, 3.05) is 13.6 Å². The van der Waals surface area contributed by atoms with Gasteiger partial charge in [0.05, 0.1) is 15.6 Å². The van der Waals surface area contributed by atoms with Crippen LogP contribution >= 0.6 is 34.8 Å². The third kappa shape index (κ3) is 7.75. The van der Waals surface area contributed by atoms with E-state index in [0.29, 0.717) is 16.9 Å². The first kappa shape index (κ1) is 28.7. The number of likely N-dealkylation sites (N-methyl/N-ethyl adjacent to an activating group) is 1. The SMILES string of the molecule is CN(C[C@](CCC=O)(c1ccc(Cl)c(Cl)c1)N(Cc1ccc(Cl)cc1)C(=O)O)C(=O)CC(F)(F)F. The monoisotopic (exact) mass is 552 g/mol. The van der Waals surface area contributed by atoms with Gasteiger partial charge in [-0.3, -0.25) is 9.69 Å². The molecular weight excluding hydrogens is 532 g/mol. The van der Waals surface area contributed by atoms with Crippen molar-refractivity contribution in [3.05, 3.63) is 68.7 Å². The third-order valence-corrected chi connectivity index (χ3v) is 6.40. The number of aldehydes is 1. The fraction of sp³-hybridized carbons (Fsp3) is 0.348. The molecule has 12 heteroatoms. The quantitative estimate of drug-likeness (QED) is 0.345. The minimum absolute atomic E-state index is 0.0701. The number of hydrogen-bond acceptors (Lipinski definition) is 3. The Morgan fingerprint density at radius 3 is 2.17 bits per heavy atom. The summed E-state index contributed by atoms with van der Waals surface area (Å²) in [5, 5.41) is 10.9. The van der Waals surface area contributed by atoms with Crippen LogP contribution in [0.3, 0.4) is 0 Å². The van der Waals surface area contributed by atoms with Gasteiger partial charge in [-0.15, -0.1) is 0 Å². The predicted molar refractivity (Wildman–Crippen MR) is 127 cm³/mol. The number of halogens is 6. The number of alkyl halides is 3. The lowest BCUT2D eigenvalue weighted by atomic mass is 9.82. The Labute approximate surface area is 215 Å². The highest BCUT2D eigenvalue weighted by atomic mass is 35.5. The standard InChI is InChI=1S/C23H22Cl3F3N2O4/c1-30(20(33)12-23(27,28)29)14-22(9-2-10-32,16-5-8-18(25)19(26)11-16)31(21(34)35)13-15-3-6-17(24)7-4-15/h3-8,10-11H,2,9,12-14H2,1H3,(H,34,35)/t22-/m1/s1. The summed E-state index contributed by atoms with van der Waals surface area (Å²) in [6, 6.07) is 10.6. The highest BCUT2D eigenvalue weighted by Gasteiger charge is 2.44. The molecule has 0 saturated heterocycles. The molecule has 6 nitrogen and oxygen atoms in total. The van der Waals surface area contributed by atoms with Gasteiger partial charge in [0.1, 0.15) is 12.7 Å². The lowest BCUT2D eigenvalue weighted by Gasteiger charge is -2.45. The average molecular weight is 554 g/mol. The number of carbonyl (C=O) groups excluding carboxylic acids is 2. The zero-order valence-corrected chi connectivity index (χ0v) is 20.8. The van der Waals surface area contributed by atoms with Crippen molar-refractivity contribution in [1.29, 1.82) is 0 Å². The van der Waals surface area contributed by atoms with Gasteiger partial charge in [-0.05, 0) is 41.8 Å². The number of amides is 2. The zero-order chi connectivity index (χ0) is 26.4. The zero-order valence-electron chi connectivity index (χ0n) is 18.5. The lowest BCUT2D eigenvalue weighted by Crippen LogP contribution is -2.55. The van der Waals surface area contributed by atoms with Gasteiger partial charge in [-0.2, -0.15) is 13.2 Å². The largest absolute Gasteiger partial charge is 0.465 e. The Morgan fingerprint density at radius 2 is 1.66 bits per heavy atom. The van der Waals surface area contributed by atoms with E-state index in [9.17, 15) is 32.7 Å². The second kappa shape index (κ2) is 12.0. The van der Waals surface area contributed by atoms with Crippen molar-refractivity contribution in [2.45, 2.75) is 37.5 Å². The number of rotatable bonds is 10. The minimum Gasteiger partial charge on any atom is -0.465 e.